The van der Waals surface area contributed by atoms with Crippen LogP contribution in [0.15, 0.2) is 36.1 Å². The minimum absolute atomic E-state index is 0.0671. The van der Waals surface area contributed by atoms with E-state index in [9.17, 15) is 19.8 Å². The number of nitrogens with zero attached hydrogens (tertiary/aromatic N) is 1. The normalized spacial score (nSPS) is 16.1. The molecule has 0 saturated carbocycles. The van der Waals surface area contributed by atoms with Gasteiger partial charge in [0.1, 0.15) is 17.1 Å². The van der Waals surface area contributed by atoms with Crippen molar-refractivity contribution in [2.75, 3.05) is 26.3 Å². The van der Waals surface area contributed by atoms with Crippen LogP contribution in [0.2, 0.25) is 5.02 Å². The van der Waals surface area contributed by atoms with E-state index in [2.05, 4.69) is 5.48 Å². The van der Waals surface area contributed by atoms with Crippen LogP contribution in [-0.2, 0) is 14.4 Å². The zero-order valence-electron chi connectivity index (χ0n) is 19.7. The summed E-state index contributed by atoms with van der Waals surface area (Å²) in [6.07, 6.45) is 12.7. The van der Waals surface area contributed by atoms with Crippen molar-refractivity contribution in [1.82, 2.24) is 10.4 Å². The third-order valence-corrected chi connectivity index (χ3v) is 5.37. The van der Waals surface area contributed by atoms with E-state index in [1.165, 1.54) is 6.08 Å². The third kappa shape index (κ3) is 8.11. The molecule has 0 unspecified atom stereocenters. The monoisotopic (exact) mass is 492 g/mol. The summed E-state index contributed by atoms with van der Waals surface area (Å²) in [6.45, 7) is 5.25. The zero-order valence-corrected chi connectivity index (χ0v) is 20.4. The minimum atomic E-state index is -0.773. The molecule has 1 heterocycles. The Morgan fingerprint density at radius 1 is 1.12 bits per heavy atom. The average Bonchev–Trinajstić information content (AvgIpc) is 2.80. The van der Waals surface area contributed by atoms with E-state index in [1.807, 2.05) is 32.1 Å². The van der Waals surface area contributed by atoms with Crippen LogP contribution in [0.25, 0.3) is 6.08 Å². The number of phenolic OH excluding ortho intramolecular Hbond substituents is 2. The van der Waals surface area contributed by atoms with Gasteiger partial charge in [0.25, 0.3) is 5.91 Å². The van der Waals surface area contributed by atoms with Crippen LogP contribution in [0.3, 0.4) is 0 Å². The molecule has 0 spiro atoms. The molecule has 1 aromatic rings. The van der Waals surface area contributed by atoms with Crippen LogP contribution in [0.5, 0.6) is 11.5 Å². The first-order valence-corrected chi connectivity index (χ1v) is 11.9. The molecule has 0 aliphatic carbocycles. The molecule has 0 fully saturated rings. The summed E-state index contributed by atoms with van der Waals surface area (Å²) in [6, 6.07) is 0.994. The van der Waals surface area contributed by atoms with E-state index in [4.69, 9.17) is 21.2 Å². The van der Waals surface area contributed by atoms with E-state index < -0.39 is 11.7 Å². The first-order chi connectivity index (χ1) is 16.4. The Bertz CT molecular complexity index is 936. The lowest BCUT2D eigenvalue weighted by molar-refractivity contribution is -0.138. The molecule has 0 aromatic heterocycles. The maximum absolute atomic E-state index is 12.7. The van der Waals surface area contributed by atoms with Crippen molar-refractivity contribution in [2.45, 2.75) is 46.0 Å². The van der Waals surface area contributed by atoms with Crippen molar-refractivity contribution >= 4 is 29.6 Å². The van der Waals surface area contributed by atoms with Gasteiger partial charge in [-0.15, -0.1) is 0 Å². The number of allylic oxidation sites excluding steroid dienone is 3. The summed E-state index contributed by atoms with van der Waals surface area (Å²) in [5.41, 5.74) is 2.99. The topological polar surface area (TPSA) is 108 Å². The van der Waals surface area contributed by atoms with Gasteiger partial charge in [0.15, 0.2) is 6.61 Å². The molecule has 2 rings (SSSR count). The lowest BCUT2D eigenvalue weighted by Crippen LogP contribution is -2.36. The molecule has 9 heteroatoms. The number of hydrogen-bond donors (Lipinski definition) is 3. The standard InChI is InChI=1S/C25H33ClN2O6/c1-3-12-28(13-4-2)22(31)17-34-27-18-11-9-7-5-6-8-10-14-33-25(32)23-19(15-18)24(26)21(30)16-20(23)29/h6,8-9,11,15-16,27,29-30H,3-5,7,10,12-14,17H2,1-2H3/b8-6?,11-9?,18-15-. The SMILES string of the molecule is CCCN(CCC)C(=O)CON/C1=C\c2c(Cl)c(O)cc(O)c2C(=O)OCCC=CCCC=C1. The lowest BCUT2D eigenvalue weighted by Gasteiger charge is -2.21. The second-order valence-electron chi connectivity index (χ2n) is 7.76. The fraction of sp³-hybridized carbons (Fsp3) is 0.440. The highest BCUT2D eigenvalue weighted by atomic mass is 35.5. The highest BCUT2D eigenvalue weighted by molar-refractivity contribution is 6.34. The minimum Gasteiger partial charge on any atom is -0.507 e. The van der Waals surface area contributed by atoms with Gasteiger partial charge in [-0.2, -0.15) is 0 Å². The number of carbonyl (C=O) groups is 2. The number of nitrogens with one attached hydrogen (secondary N) is 1. The van der Waals surface area contributed by atoms with Gasteiger partial charge in [0, 0.05) is 24.7 Å². The second kappa shape index (κ2) is 14.3. The summed E-state index contributed by atoms with van der Waals surface area (Å²) in [5.74, 6) is -1.77. The van der Waals surface area contributed by atoms with E-state index in [1.54, 1.807) is 11.0 Å². The summed E-state index contributed by atoms with van der Waals surface area (Å²) in [5, 5.41) is 20.3. The molecule has 0 atom stereocenters. The van der Waals surface area contributed by atoms with Crippen molar-refractivity contribution < 1.29 is 29.4 Å². The molecule has 1 aromatic carbocycles. The fourth-order valence-corrected chi connectivity index (χ4v) is 3.58. The van der Waals surface area contributed by atoms with E-state index in [0.717, 1.165) is 31.7 Å². The second-order valence-corrected chi connectivity index (χ2v) is 8.14. The Labute approximate surface area is 205 Å². The van der Waals surface area contributed by atoms with Gasteiger partial charge in [0.2, 0.25) is 0 Å². The van der Waals surface area contributed by atoms with E-state index in [0.29, 0.717) is 25.2 Å². The molecule has 1 aliphatic heterocycles. The number of aromatic hydroxyl groups is 2. The van der Waals surface area contributed by atoms with Crippen LogP contribution in [0.1, 0.15) is 61.9 Å². The molecular weight excluding hydrogens is 460 g/mol. The predicted octanol–water partition coefficient (Wildman–Crippen LogP) is 4.72. The molecule has 0 radical (unpaired) electrons. The van der Waals surface area contributed by atoms with Gasteiger partial charge < -0.3 is 19.8 Å². The number of halogens is 1. The molecule has 0 saturated heterocycles. The molecule has 8 nitrogen and oxygen atoms in total. The Morgan fingerprint density at radius 3 is 2.50 bits per heavy atom. The molecule has 0 bridgehead atoms. The number of amides is 1. The highest BCUT2D eigenvalue weighted by Crippen LogP contribution is 2.38. The predicted molar refractivity (Wildman–Crippen MR) is 131 cm³/mol. The van der Waals surface area contributed by atoms with Gasteiger partial charge in [-0.05, 0) is 44.3 Å². The number of ether oxygens (including phenoxy) is 1. The van der Waals surface area contributed by atoms with Crippen LogP contribution in [0.4, 0.5) is 0 Å². The van der Waals surface area contributed by atoms with Crippen molar-refractivity contribution in [3.8, 4) is 11.5 Å². The number of fused-ring (bicyclic) bond motifs is 1. The van der Waals surface area contributed by atoms with Gasteiger partial charge in [-0.1, -0.05) is 43.7 Å². The quantitative estimate of drug-likeness (QED) is 0.274. The average molecular weight is 493 g/mol. The Hall–Kier alpha value is -2.97. The lowest BCUT2D eigenvalue weighted by atomic mass is 10.0. The summed E-state index contributed by atoms with van der Waals surface area (Å²) < 4.78 is 5.27. The maximum Gasteiger partial charge on any atom is 0.342 e. The Kier molecular flexibility index (Phi) is 11.5. The number of carbonyl (C=O) groups excluding carboxylic acids is 2. The number of cyclic esters (lactones) is 1. The third-order valence-electron chi connectivity index (χ3n) is 4.97. The molecule has 1 amide bonds. The number of phenols is 2. The van der Waals surface area contributed by atoms with Crippen LogP contribution in [0, 0.1) is 0 Å². The first kappa shape index (κ1) is 27.3. The first-order valence-electron chi connectivity index (χ1n) is 11.5. The van der Waals surface area contributed by atoms with E-state index >= 15 is 0 Å². The molecule has 1 aliphatic rings. The summed E-state index contributed by atoms with van der Waals surface area (Å²) >= 11 is 6.28. The van der Waals surface area contributed by atoms with E-state index in [-0.39, 0.29) is 41.0 Å². The summed E-state index contributed by atoms with van der Waals surface area (Å²) in [7, 11) is 0. The maximum atomic E-state index is 12.7. The Morgan fingerprint density at radius 2 is 1.79 bits per heavy atom. The fourth-order valence-electron chi connectivity index (χ4n) is 3.37. The van der Waals surface area contributed by atoms with Crippen molar-refractivity contribution in [3.63, 3.8) is 0 Å². The highest BCUT2D eigenvalue weighted by Gasteiger charge is 2.23. The van der Waals surface area contributed by atoms with Crippen molar-refractivity contribution in [3.05, 3.63) is 52.2 Å². The van der Waals surface area contributed by atoms with Crippen LogP contribution >= 0.6 is 11.6 Å². The van der Waals surface area contributed by atoms with Gasteiger partial charge in [-0.25, -0.2) is 4.79 Å². The molecule has 3 N–H and O–H groups in total. The zero-order chi connectivity index (χ0) is 24.9. The number of esters is 1. The smallest absolute Gasteiger partial charge is 0.342 e. The van der Waals surface area contributed by atoms with Crippen molar-refractivity contribution in [2.24, 2.45) is 0 Å². The van der Waals surface area contributed by atoms with Crippen molar-refractivity contribution in [1.29, 1.82) is 0 Å². The number of hydrogen-bond acceptors (Lipinski definition) is 7. The number of benzene rings is 1. The van der Waals surface area contributed by atoms with Gasteiger partial charge in [-0.3, -0.25) is 15.1 Å². The van der Waals surface area contributed by atoms with Gasteiger partial charge in [0.05, 0.1) is 17.3 Å². The Balaban J connectivity index is 2.34. The van der Waals surface area contributed by atoms with Crippen LogP contribution < -0.4 is 5.48 Å². The van der Waals surface area contributed by atoms with Crippen LogP contribution in [-0.4, -0.2) is 53.3 Å². The molecular formula is C25H33ClN2O6. The van der Waals surface area contributed by atoms with Gasteiger partial charge >= 0.3 is 5.97 Å². The largest absolute Gasteiger partial charge is 0.507 e. The number of hydroxylamine groups is 1. The number of rotatable bonds is 8. The summed E-state index contributed by atoms with van der Waals surface area (Å²) in [4.78, 5) is 32.4. The molecule has 186 valence electrons. The molecule has 34 heavy (non-hydrogen) atoms.